The molecule has 2 aliphatic rings. The van der Waals surface area contributed by atoms with Gasteiger partial charge < -0.3 is 15.4 Å². The monoisotopic (exact) mass is 288 g/mol. The Morgan fingerprint density at radius 1 is 1.38 bits per heavy atom. The van der Waals surface area contributed by atoms with E-state index in [1.807, 2.05) is 18.2 Å². The molecule has 2 bridgehead atoms. The zero-order valence-electron chi connectivity index (χ0n) is 12.1. The van der Waals surface area contributed by atoms with Crippen molar-refractivity contribution in [1.29, 1.82) is 0 Å². The second-order valence-electron chi connectivity index (χ2n) is 5.82. The van der Waals surface area contributed by atoms with E-state index < -0.39 is 5.54 Å². The summed E-state index contributed by atoms with van der Waals surface area (Å²) >= 11 is 0. The van der Waals surface area contributed by atoms with Crippen LogP contribution in [0.25, 0.3) is 0 Å². The Morgan fingerprint density at radius 3 is 2.71 bits per heavy atom. The van der Waals surface area contributed by atoms with E-state index >= 15 is 0 Å². The third kappa shape index (κ3) is 1.87. The maximum Gasteiger partial charge on any atom is 0.332 e. The number of rotatable bonds is 3. The van der Waals surface area contributed by atoms with Gasteiger partial charge in [0.05, 0.1) is 7.11 Å². The highest BCUT2D eigenvalue weighted by molar-refractivity contribution is 5.99. The van der Waals surface area contributed by atoms with Gasteiger partial charge in [-0.1, -0.05) is 18.2 Å². The molecule has 2 N–H and O–H groups in total. The van der Waals surface area contributed by atoms with Crippen LogP contribution in [0.2, 0.25) is 0 Å². The lowest BCUT2D eigenvalue weighted by molar-refractivity contribution is -0.153. The van der Waals surface area contributed by atoms with Gasteiger partial charge in [-0.15, -0.1) is 0 Å². The molecule has 0 saturated carbocycles. The van der Waals surface area contributed by atoms with Crippen molar-refractivity contribution in [3.63, 3.8) is 0 Å². The number of methoxy groups -OCH3 is 1. The second-order valence-corrected chi connectivity index (χ2v) is 5.82. The minimum Gasteiger partial charge on any atom is -0.467 e. The van der Waals surface area contributed by atoms with Crippen LogP contribution in [0.3, 0.4) is 0 Å². The van der Waals surface area contributed by atoms with Gasteiger partial charge in [-0.3, -0.25) is 4.79 Å². The van der Waals surface area contributed by atoms with Gasteiger partial charge in [0.1, 0.15) is 5.54 Å². The Bertz CT molecular complexity index is 560. The Morgan fingerprint density at radius 2 is 2.10 bits per heavy atom. The number of hydrogen-bond acceptors (Lipinski definition) is 4. The number of ether oxygens (including phenoxy) is 1. The van der Waals surface area contributed by atoms with E-state index in [0.29, 0.717) is 18.5 Å². The first-order valence-electron chi connectivity index (χ1n) is 7.32. The van der Waals surface area contributed by atoms with Crippen molar-refractivity contribution >= 4 is 11.9 Å². The molecule has 2 aliphatic heterocycles. The fourth-order valence-electron chi connectivity index (χ4n) is 4.01. The minimum absolute atomic E-state index is 0.0173. The zero-order chi connectivity index (χ0) is 15.0. The van der Waals surface area contributed by atoms with Crippen LogP contribution in [0.5, 0.6) is 0 Å². The second kappa shape index (κ2) is 5.15. The number of nitrogens with zero attached hydrogens (tertiary/aromatic N) is 1. The lowest BCUT2D eigenvalue weighted by Crippen LogP contribution is -2.56. The van der Waals surface area contributed by atoms with Gasteiger partial charge in [0.25, 0.3) is 5.91 Å². The number of hydrogen-bond donors (Lipinski definition) is 1. The zero-order valence-corrected chi connectivity index (χ0v) is 12.1. The maximum absolute atomic E-state index is 12.9. The first-order valence-corrected chi connectivity index (χ1v) is 7.32. The Labute approximate surface area is 124 Å². The van der Waals surface area contributed by atoms with Crippen molar-refractivity contribution in [3.8, 4) is 0 Å². The molecule has 3 rings (SSSR count). The fourth-order valence-corrected chi connectivity index (χ4v) is 4.01. The van der Waals surface area contributed by atoms with Crippen LogP contribution in [0.1, 0.15) is 29.6 Å². The molecule has 1 aromatic carbocycles. The molecule has 0 aromatic heterocycles. The molecule has 0 radical (unpaired) electrons. The summed E-state index contributed by atoms with van der Waals surface area (Å²) in [5.41, 5.74) is 5.59. The summed E-state index contributed by atoms with van der Waals surface area (Å²) in [7, 11) is 1.38. The summed E-state index contributed by atoms with van der Waals surface area (Å²) in [6.07, 6.45) is 2.26. The molecule has 0 aliphatic carbocycles. The van der Waals surface area contributed by atoms with Crippen LogP contribution in [-0.2, 0) is 9.53 Å². The van der Waals surface area contributed by atoms with Gasteiger partial charge in [0, 0.05) is 17.5 Å². The standard InChI is InChI=1S/C16H20N2O3/c1-21-15(20)16-8-7-13(9-12(16)10-17)18(16)14(19)11-5-3-2-4-6-11/h2-6,12-13H,7-10,17H2,1H3/t12-,13+,16-/m0/s1. The molecule has 2 heterocycles. The number of amides is 1. The molecule has 3 atom stereocenters. The molecule has 5 heteroatoms. The molecule has 2 saturated heterocycles. The largest absolute Gasteiger partial charge is 0.467 e. The summed E-state index contributed by atoms with van der Waals surface area (Å²) < 4.78 is 5.02. The number of carbonyl (C=O) groups excluding carboxylic acids is 2. The lowest BCUT2D eigenvalue weighted by Gasteiger charge is -2.36. The van der Waals surface area contributed by atoms with Gasteiger partial charge in [-0.25, -0.2) is 4.79 Å². The van der Waals surface area contributed by atoms with Crippen molar-refractivity contribution in [2.45, 2.75) is 30.8 Å². The van der Waals surface area contributed by atoms with Crippen molar-refractivity contribution in [2.75, 3.05) is 13.7 Å². The van der Waals surface area contributed by atoms with Crippen molar-refractivity contribution in [3.05, 3.63) is 35.9 Å². The number of nitrogens with two attached hydrogens (primary N) is 1. The van der Waals surface area contributed by atoms with Gasteiger partial charge in [-0.2, -0.15) is 0 Å². The quantitative estimate of drug-likeness (QED) is 0.848. The lowest BCUT2D eigenvalue weighted by atomic mass is 9.77. The molecular formula is C16H20N2O3. The van der Waals surface area contributed by atoms with Crippen LogP contribution in [0.15, 0.2) is 30.3 Å². The van der Waals surface area contributed by atoms with Gasteiger partial charge in [0.15, 0.2) is 0 Å². The van der Waals surface area contributed by atoms with E-state index in [1.165, 1.54) is 7.11 Å². The van der Waals surface area contributed by atoms with E-state index in [-0.39, 0.29) is 23.8 Å². The summed E-state index contributed by atoms with van der Waals surface area (Å²) in [5, 5.41) is 0. The van der Waals surface area contributed by atoms with Gasteiger partial charge in [0.2, 0.25) is 0 Å². The predicted molar refractivity (Wildman–Crippen MR) is 77.5 cm³/mol. The van der Waals surface area contributed by atoms with Gasteiger partial charge in [-0.05, 0) is 37.9 Å². The van der Waals surface area contributed by atoms with Crippen LogP contribution >= 0.6 is 0 Å². The smallest absolute Gasteiger partial charge is 0.332 e. The summed E-state index contributed by atoms with van der Waals surface area (Å²) in [5.74, 6) is -0.446. The number of benzene rings is 1. The fraction of sp³-hybridized carbons (Fsp3) is 0.500. The van der Waals surface area contributed by atoms with Gasteiger partial charge >= 0.3 is 5.97 Å². The van der Waals surface area contributed by atoms with E-state index in [0.717, 1.165) is 12.8 Å². The summed E-state index contributed by atoms with van der Waals surface area (Å²) in [6, 6.07) is 9.18. The highest BCUT2D eigenvalue weighted by atomic mass is 16.5. The molecule has 1 amide bonds. The predicted octanol–water partition coefficient (Wildman–Crippen LogP) is 1.18. The number of carbonyl (C=O) groups is 2. The third-order valence-corrected chi connectivity index (χ3v) is 4.95. The van der Waals surface area contributed by atoms with E-state index in [4.69, 9.17) is 10.5 Å². The SMILES string of the molecule is COC(=O)[C@]12CC[C@H](C[C@H]1CN)N2C(=O)c1ccccc1. The minimum atomic E-state index is -0.874. The van der Waals surface area contributed by atoms with E-state index in [9.17, 15) is 9.59 Å². The van der Waals surface area contributed by atoms with E-state index in [1.54, 1.807) is 17.0 Å². The molecule has 2 fully saturated rings. The summed E-state index contributed by atoms with van der Waals surface area (Å²) in [6.45, 7) is 0.393. The number of fused-ring (bicyclic) bond motifs is 2. The van der Waals surface area contributed by atoms with Crippen LogP contribution < -0.4 is 5.73 Å². The van der Waals surface area contributed by atoms with Crippen molar-refractivity contribution in [1.82, 2.24) is 4.90 Å². The number of esters is 1. The van der Waals surface area contributed by atoms with E-state index in [2.05, 4.69) is 0 Å². The molecule has 112 valence electrons. The molecular weight excluding hydrogens is 268 g/mol. The van der Waals surface area contributed by atoms with Crippen molar-refractivity contribution in [2.24, 2.45) is 11.7 Å². The van der Waals surface area contributed by atoms with Crippen LogP contribution in [-0.4, -0.2) is 42.0 Å². The molecule has 21 heavy (non-hydrogen) atoms. The average Bonchev–Trinajstić information content (AvgIpc) is 3.07. The van der Waals surface area contributed by atoms with Crippen LogP contribution in [0, 0.1) is 5.92 Å². The first kappa shape index (κ1) is 14.1. The van der Waals surface area contributed by atoms with Crippen LogP contribution in [0.4, 0.5) is 0 Å². The molecule has 5 nitrogen and oxygen atoms in total. The van der Waals surface area contributed by atoms with Crippen molar-refractivity contribution < 1.29 is 14.3 Å². The Balaban J connectivity index is 2.01. The molecule has 0 spiro atoms. The first-order chi connectivity index (χ1) is 10.1. The Kier molecular flexibility index (Phi) is 3.45. The normalized spacial score (nSPS) is 30.5. The third-order valence-electron chi connectivity index (χ3n) is 4.95. The topological polar surface area (TPSA) is 72.6 Å². The highest BCUT2D eigenvalue weighted by Gasteiger charge is 2.64. The average molecular weight is 288 g/mol. The Hall–Kier alpha value is -1.88. The summed E-state index contributed by atoms with van der Waals surface area (Å²) in [4.78, 5) is 27.1. The maximum atomic E-state index is 12.9. The molecule has 1 aromatic rings. The molecule has 0 unspecified atom stereocenters. The highest BCUT2D eigenvalue weighted by Crippen LogP contribution is 2.51.